The van der Waals surface area contributed by atoms with Crippen molar-refractivity contribution >= 4 is 83.6 Å². The van der Waals surface area contributed by atoms with Crippen LogP contribution < -0.4 is 0 Å². The Morgan fingerprint density at radius 1 is 0.410 bits per heavy atom. The molecule has 28 nitrogen and oxygen atoms in total. The average molecular weight is 1690 g/mol. The van der Waals surface area contributed by atoms with Gasteiger partial charge < -0.3 is 66.3 Å². The summed E-state index contributed by atoms with van der Waals surface area (Å²) < 4.78 is 70.2. The third-order valence-corrected chi connectivity index (χ3v) is 20.6. The van der Waals surface area contributed by atoms with Crippen LogP contribution in [0.15, 0.2) is 0 Å². The lowest BCUT2D eigenvalue weighted by Gasteiger charge is -2.29. The van der Waals surface area contributed by atoms with E-state index >= 15 is 0 Å². The molecular weight excluding hydrogens is 1520 g/mol. The number of fused-ring (bicyclic) bond motifs is 1. The second kappa shape index (κ2) is 59.3. The molecule has 7 aliphatic heterocycles. The third kappa shape index (κ3) is 39.6. The molecule has 0 aromatic rings. The molecule has 2 saturated carbocycles. The third-order valence-electron chi connectivity index (χ3n) is 20.6. The van der Waals surface area contributed by atoms with Crippen LogP contribution in [0.2, 0.25) is 0 Å². The first-order valence-electron chi connectivity index (χ1n) is 36.4. The van der Waals surface area contributed by atoms with Crippen LogP contribution in [-0.4, -0.2) is 172 Å². The SMILES string of the molecule is C.C.C.C.C.C.C.C.C.C.C.C.C.C.CCC(C)(C)C(=O)OC1C(=O)OCC1(C)C.CCC(C)(C)C(=O)OC1C(=O)OCC1C.CCC(C)(C)C(=O)OC1C2CC3C(=O)OC1C3C2.CCC(C)(C)C(=O)OC1CCOC1=O.CCC(C)(C)C(=O)OC1COC(=O)C1.CCC(C)C(=O)OC1CCOC1=O.CCC(C)C(=O)OC1COC(=O)C1. The van der Waals surface area contributed by atoms with Gasteiger partial charge in [-0.1, -0.05) is 187 Å². The van der Waals surface area contributed by atoms with Crippen LogP contribution in [0.1, 0.15) is 340 Å². The van der Waals surface area contributed by atoms with Crippen molar-refractivity contribution in [1.29, 1.82) is 0 Å². The van der Waals surface area contributed by atoms with E-state index in [1.165, 1.54) is 0 Å². The van der Waals surface area contributed by atoms with Crippen LogP contribution in [0, 0.1) is 68.0 Å². The standard InChI is InChI=1S/C14H20O4.C12H20O4.C11H18O4.2C10H16O4.2C9H14O4.14CH4/c1-4-14(2,3)13(16)18-10-7-5-8-9(6-7)12(15)17-11(8)10;1-6-11(2,3)10(14)16-8-9(13)15-7-12(8,4)5;1-5-11(3,4)10(13)15-8-7(2)6-14-9(8)12;1-4-10(2,3)9(12)14-7-5-8(11)13-6-7;1-4-10(2,3)9(12)14-7-5-6-13-8(7)11;1-3-6(2)9(11)13-7-4-8(10)12-5-7;1-3-6(2)8(10)13-7-4-5-12-9(7)11;;;;;;;;;;;;;;/h7-11H,4-6H2,1-3H3;8H,6-7H2,1-5H3;7-8H,5-6H2,1-4H3;2*7H,4-6H2,1-3H3;2*6-7H,3-5H2,1-2H3;14*1H4. The Hall–Kier alpha value is -7.42. The smallest absolute Gasteiger partial charge is 0.348 e. The zero-order valence-corrected chi connectivity index (χ0v) is 64.9. The summed E-state index contributed by atoms with van der Waals surface area (Å²) in [5.74, 6) is -3.96. The second-order valence-electron chi connectivity index (χ2n) is 31.5. The minimum absolute atomic E-state index is 0. The first kappa shape index (κ1) is 136. The van der Waals surface area contributed by atoms with Crippen molar-refractivity contribution in [3.05, 3.63) is 0 Å². The van der Waals surface area contributed by atoms with E-state index in [9.17, 15) is 67.1 Å². The van der Waals surface area contributed by atoms with Crippen molar-refractivity contribution in [3.63, 3.8) is 0 Å². The number of hydrogen-bond donors (Lipinski definition) is 0. The highest BCUT2D eigenvalue weighted by atomic mass is 16.6. The molecule has 2 aliphatic carbocycles. The van der Waals surface area contributed by atoms with Crippen LogP contribution in [0.4, 0.5) is 0 Å². The first-order valence-corrected chi connectivity index (χ1v) is 36.4. The molecule has 14 atom stereocenters. The van der Waals surface area contributed by atoms with Crippen molar-refractivity contribution < 1.29 is 133 Å². The lowest BCUT2D eigenvalue weighted by Crippen LogP contribution is -2.39. The van der Waals surface area contributed by atoms with Crippen molar-refractivity contribution in [3.8, 4) is 0 Å². The molecule has 9 rings (SSSR count). The average Bonchev–Trinajstić information content (AvgIpc) is 1.57. The Balaban J connectivity index is -0.000000108. The molecular formula is C89H174O28. The van der Waals surface area contributed by atoms with E-state index in [2.05, 4.69) is 9.47 Å². The highest BCUT2D eigenvalue weighted by molar-refractivity contribution is 5.86. The second-order valence-corrected chi connectivity index (χ2v) is 31.5. The Morgan fingerprint density at radius 3 is 1.10 bits per heavy atom. The van der Waals surface area contributed by atoms with E-state index in [1.807, 2.05) is 111 Å². The van der Waals surface area contributed by atoms with Crippen LogP contribution in [0.25, 0.3) is 0 Å². The van der Waals surface area contributed by atoms with Gasteiger partial charge in [-0.15, -0.1) is 0 Å². The van der Waals surface area contributed by atoms with Gasteiger partial charge in [0.15, 0.2) is 0 Å². The van der Waals surface area contributed by atoms with Crippen molar-refractivity contribution in [2.24, 2.45) is 68.0 Å². The Morgan fingerprint density at radius 2 is 0.769 bits per heavy atom. The van der Waals surface area contributed by atoms with E-state index in [0.29, 0.717) is 76.8 Å². The molecule has 9 aliphatic rings. The summed E-state index contributed by atoms with van der Waals surface area (Å²) in [4.78, 5) is 159. The highest BCUT2D eigenvalue weighted by Gasteiger charge is 2.63. The summed E-state index contributed by atoms with van der Waals surface area (Å²) in [7, 11) is 0. The monoisotopic (exact) mass is 1690 g/mol. The molecule has 0 aromatic carbocycles. The number of hydrogen-bond acceptors (Lipinski definition) is 28. The van der Waals surface area contributed by atoms with Gasteiger partial charge in [0.1, 0.15) is 44.2 Å². The lowest BCUT2D eigenvalue weighted by atomic mass is 9.87. The molecule has 28 heteroatoms. The van der Waals surface area contributed by atoms with Gasteiger partial charge in [0.25, 0.3) is 0 Å². The lowest BCUT2D eigenvalue weighted by molar-refractivity contribution is -0.170. The van der Waals surface area contributed by atoms with Gasteiger partial charge in [0, 0.05) is 36.0 Å². The minimum atomic E-state index is -0.772. The van der Waals surface area contributed by atoms with Gasteiger partial charge >= 0.3 is 83.6 Å². The molecule has 2 bridgehead atoms. The van der Waals surface area contributed by atoms with E-state index in [-0.39, 0.29) is 238 Å². The van der Waals surface area contributed by atoms with Crippen molar-refractivity contribution in [1.82, 2.24) is 0 Å². The maximum absolute atomic E-state index is 12.1. The van der Waals surface area contributed by atoms with E-state index in [1.54, 1.807) is 41.5 Å². The molecule has 117 heavy (non-hydrogen) atoms. The number of ether oxygens (including phenoxy) is 14. The Labute approximate surface area is 710 Å². The zero-order chi connectivity index (χ0) is 78.5. The first-order chi connectivity index (χ1) is 47.7. The topological polar surface area (TPSA) is 368 Å². The number of rotatable bonds is 21. The largest absolute Gasteiger partial charge is 0.463 e. The predicted octanol–water partition coefficient (Wildman–Crippen LogP) is 18.6. The summed E-state index contributed by atoms with van der Waals surface area (Å²) in [5.41, 5.74) is -2.99. The molecule has 14 unspecified atom stereocenters. The quantitative estimate of drug-likeness (QED) is 0.0761. The molecule has 0 amide bonds. The van der Waals surface area contributed by atoms with E-state index in [4.69, 9.17) is 56.8 Å². The van der Waals surface area contributed by atoms with Crippen LogP contribution in [0.5, 0.6) is 0 Å². The fourth-order valence-corrected chi connectivity index (χ4v) is 10.1. The number of carbonyl (C=O) groups is 14. The van der Waals surface area contributed by atoms with Crippen LogP contribution in [0.3, 0.4) is 0 Å². The molecule has 698 valence electrons. The number of esters is 14. The molecule has 0 spiro atoms. The Kier molecular flexibility index (Phi) is 68.8. The summed E-state index contributed by atoms with van der Waals surface area (Å²) in [6.07, 6.45) is 4.18. The van der Waals surface area contributed by atoms with Gasteiger partial charge in [0.05, 0.1) is 77.5 Å². The fraction of sp³-hybridized carbons (Fsp3) is 0.843. The van der Waals surface area contributed by atoms with Gasteiger partial charge in [-0.05, 0) is 127 Å². The molecule has 7 heterocycles. The van der Waals surface area contributed by atoms with Crippen molar-refractivity contribution in [2.75, 3.05) is 39.6 Å². The van der Waals surface area contributed by atoms with Crippen LogP contribution in [-0.2, 0) is 133 Å². The van der Waals surface area contributed by atoms with Crippen LogP contribution >= 0.6 is 0 Å². The summed E-state index contributed by atoms with van der Waals surface area (Å²) in [6, 6.07) is 0. The van der Waals surface area contributed by atoms with Gasteiger partial charge in [-0.3, -0.25) is 47.9 Å². The molecule has 0 N–H and O–H groups in total. The predicted molar refractivity (Wildman–Crippen MR) is 459 cm³/mol. The fourth-order valence-electron chi connectivity index (χ4n) is 10.1. The summed E-state index contributed by atoms with van der Waals surface area (Å²) >= 11 is 0. The van der Waals surface area contributed by atoms with Crippen molar-refractivity contribution in [2.45, 2.75) is 389 Å². The highest BCUT2D eigenvalue weighted by Crippen LogP contribution is 2.56. The number of carbonyl (C=O) groups excluding carboxylic acids is 14. The van der Waals surface area contributed by atoms with Gasteiger partial charge in [-0.25, -0.2) is 19.2 Å². The maximum atomic E-state index is 12.1. The normalized spacial score (nSPS) is 23.5. The van der Waals surface area contributed by atoms with Gasteiger partial charge in [0.2, 0.25) is 24.4 Å². The molecule has 7 saturated heterocycles. The zero-order valence-electron chi connectivity index (χ0n) is 64.9. The van der Waals surface area contributed by atoms with E-state index < -0.39 is 80.8 Å². The molecule has 9 fully saturated rings. The molecule has 0 aromatic heterocycles. The molecule has 0 radical (unpaired) electrons. The Bertz CT molecular complexity index is 2980. The number of cyclic esters (lactones) is 6. The van der Waals surface area contributed by atoms with E-state index in [0.717, 1.165) is 32.1 Å². The minimum Gasteiger partial charge on any atom is -0.463 e. The summed E-state index contributed by atoms with van der Waals surface area (Å²) in [6.45, 7) is 42.6. The van der Waals surface area contributed by atoms with Gasteiger partial charge in [-0.2, -0.15) is 0 Å². The summed E-state index contributed by atoms with van der Waals surface area (Å²) in [5, 5.41) is 0. The maximum Gasteiger partial charge on any atom is 0.348 e.